The molecular weight excluding hydrogens is 614 g/mol. The van der Waals surface area contributed by atoms with E-state index in [0.29, 0.717) is 0 Å². The number of aliphatic hydroxyl groups excluding tert-OH is 4. The number of H-pyrrole nitrogens is 1. The van der Waals surface area contributed by atoms with Crippen LogP contribution in [0.25, 0.3) is 0 Å². The Bertz CT molecular complexity index is 1520. The molecule has 4 heterocycles. The highest BCUT2D eigenvalue weighted by atomic mass is 31.3. The first kappa shape index (κ1) is 32.2. The zero-order valence-corrected chi connectivity index (χ0v) is 22.9. The van der Waals surface area contributed by atoms with Crippen LogP contribution in [0.5, 0.6) is 0 Å². The summed E-state index contributed by atoms with van der Waals surface area (Å²) in [6.45, 7) is -2.00. The number of pyridine rings is 1. The second kappa shape index (κ2) is 12.5. The third-order valence-corrected chi connectivity index (χ3v) is 8.77. The lowest BCUT2D eigenvalue weighted by molar-refractivity contribution is -0.765. The third kappa shape index (κ3) is 7.26. The van der Waals surface area contributed by atoms with E-state index in [-0.39, 0.29) is 5.56 Å². The maximum atomic E-state index is 12.3. The molecule has 2 aromatic rings. The van der Waals surface area contributed by atoms with Crippen molar-refractivity contribution in [1.82, 2.24) is 9.55 Å². The Hall–Kier alpha value is -2.68. The fourth-order valence-corrected chi connectivity index (χ4v) is 6.19. The highest BCUT2D eigenvalue weighted by Crippen LogP contribution is 2.58. The van der Waals surface area contributed by atoms with Crippen molar-refractivity contribution in [3.05, 3.63) is 63.2 Å². The van der Waals surface area contributed by atoms with Crippen molar-refractivity contribution < 1.29 is 71.5 Å². The Labute approximate surface area is 234 Å². The summed E-state index contributed by atoms with van der Waals surface area (Å²) in [6.07, 6.45) is -9.19. The Kier molecular flexibility index (Phi) is 9.60. The summed E-state index contributed by atoms with van der Waals surface area (Å²) in [4.78, 5) is 58.6. The minimum absolute atomic E-state index is 0.0459. The molecule has 8 N–H and O–H groups in total. The van der Waals surface area contributed by atoms with Crippen molar-refractivity contribution in [2.24, 2.45) is 5.73 Å². The lowest BCUT2D eigenvalue weighted by atomic mass is 10.1. The number of nitrogens with one attached hydrogen (secondary N) is 1. The molecule has 2 aliphatic rings. The van der Waals surface area contributed by atoms with Gasteiger partial charge in [0, 0.05) is 18.3 Å². The summed E-state index contributed by atoms with van der Waals surface area (Å²) >= 11 is 0. The van der Waals surface area contributed by atoms with Crippen LogP contribution < -0.4 is 26.4 Å². The molecule has 0 saturated carbocycles. The van der Waals surface area contributed by atoms with E-state index >= 15 is 0 Å². The number of carbonyl (C=O) groups excluding carboxylic acids is 1. The number of aromatic nitrogens is 3. The van der Waals surface area contributed by atoms with Crippen LogP contribution in [0.2, 0.25) is 0 Å². The van der Waals surface area contributed by atoms with Crippen molar-refractivity contribution >= 4 is 21.6 Å². The van der Waals surface area contributed by atoms with Gasteiger partial charge in [0.25, 0.3) is 25.5 Å². The summed E-state index contributed by atoms with van der Waals surface area (Å²) in [5.74, 6) is -0.786. The zero-order chi connectivity index (χ0) is 31.0. The van der Waals surface area contributed by atoms with Crippen LogP contribution in [0.1, 0.15) is 22.8 Å². The van der Waals surface area contributed by atoms with Crippen LogP contribution >= 0.6 is 15.6 Å². The zero-order valence-electron chi connectivity index (χ0n) is 21.1. The van der Waals surface area contributed by atoms with Gasteiger partial charge in [0.15, 0.2) is 24.7 Å². The molecule has 2 saturated heterocycles. The van der Waals surface area contributed by atoms with Gasteiger partial charge in [-0.1, -0.05) is 0 Å². The molecule has 0 aromatic carbocycles. The molecule has 2 unspecified atom stereocenters. The standard InChI is InChI=1S/C20H26N4O16P2/c21-17(30)9-2-1-4-23(6-9)18-15(28)13(26)10(38-18)7-36-41(32,33)40-42(34,35)37-8-11-14(27)16(29)19(39-11)24-5-3-12(25)22-20(24)31/h1-6,10-11,13-16,18-19,26-29H,7-8H2,(H4-,21,22,25,30,31,32,33,34,35)/t10-,11-,13-,14-,15-,16-,18-,19-/m1/s1. The lowest BCUT2D eigenvalue weighted by Crippen LogP contribution is -2.46. The highest BCUT2D eigenvalue weighted by Gasteiger charge is 2.49. The van der Waals surface area contributed by atoms with Gasteiger partial charge < -0.3 is 49.9 Å². The number of ether oxygens (including phenoxy) is 2. The van der Waals surface area contributed by atoms with Gasteiger partial charge in [-0.2, -0.15) is 4.57 Å². The number of phosphoric ester groups is 2. The van der Waals surface area contributed by atoms with Crippen LogP contribution in [-0.2, 0) is 32.0 Å². The number of primary amides is 1. The van der Waals surface area contributed by atoms with Crippen molar-refractivity contribution in [1.29, 1.82) is 0 Å². The Balaban J connectivity index is 1.32. The second-order valence-electron chi connectivity index (χ2n) is 9.10. The van der Waals surface area contributed by atoms with Gasteiger partial charge in [-0.15, -0.1) is 0 Å². The molecule has 2 aromatic heterocycles. The Morgan fingerprint density at radius 2 is 1.69 bits per heavy atom. The number of rotatable bonds is 11. The van der Waals surface area contributed by atoms with Crippen LogP contribution in [0.3, 0.4) is 0 Å². The summed E-state index contributed by atoms with van der Waals surface area (Å²) in [5.41, 5.74) is 3.52. The van der Waals surface area contributed by atoms with Gasteiger partial charge in [-0.05, 0) is 6.07 Å². The highest BCUT2D eigenvalue weighted by molar-refractivity contribution is 7.60. The number of nitrogens with two attached hydrogens (primary N) is 1. The molecule has 2 aliphatic heterocycles. The molecule has 20 nitrogen and oxygen atoms in total. The first-order valence-electron chi connectivity index (χ1n) is 11.9. The first-order chi connectivity index (χ1) is 19.6. The second-order valence-corrected chi connectivity index (χ2v) is 12.1. The molecule has 0 aliphatic carbocycles. The number of aromatic amines is 1. The van der Waals surface area contributed by atoms with Crippen LogP contribution in [0.15, 0.2) is 46.4 Å². The number of nitrogens with zero attached hydrogens (tertiary/aromatic N) is 2. The number of carbonyl (C=O) groups is 1. The van der Waals surface area contributed by atoms with E-state index in [1.165, 1.54) is 29.1 Å². The fourth-order valence-electron chi connectivity index (χ4n) is 4.14. The molecule has 1 amide bonds. The lowest BCUT2D eigenvalue weighted by Gasteiger charge is -2.26. The summed E-state index contributed by atoms with van der Waals surface area (Å²) in [7, 11) is -11.1. The molecule has 10 atom stereocenters. The van der Waals surface area contributed by atoms with E-state index in [4.69, 9.17) is 15.2 Å². The first-order valence-corrected chi connectivity index (χ1v) is 14.8. The number of hydrogen-bond donors (Lipinski definition) is 7. The largest absolute Gasteiger partial charge is 0.756 e. The van der Waals surface area contributed by atoms with E-state index in [2.05, 4.69) is 13.4 Å². The van der Waals surface area contributed by atoms with Gasteiger partial charge in [0.2, 0.25) is 0 Å². The topological polar surface area (TPSA) is 306 Å². The van der Waals surface area contributed by atoms with Gasteiger partial charge in [0.1, 0.15) is 36.1 Å². The fraction of sp³-hybridized carbons (Fsp3) is 0.500. The van der Waals surface area contributed by atoms with Gasteiger partial charge in [-0.25, -0.2) is 13.7 Å². The number of aliphatic hydroxyl groups is 4. The normalized spacial score (nSPS) is 32.3. The molecule has 0 spiro atoms. The maximum Gasteiger partial charge on any atom is 0.478 e. The molecule has 2 fully saturated rings. The number of phosphoric acid groups is 2. The number of amides is 1. The van der Waals surface area contributed by atoms with Gasteiger partial charge >= 0.3 is 13.5 Å². The SMILES string of the molecule is NC(=O)c1ccc[n+]([C@@H]2O[C@H](COP(=O)([O-])OP(=O)(O)OC[C@H]3O[C@@H](n4ccc(=O)[nH]c4=O)[C@H](O)[C@@H]3O)[C@@H](O)[C@H]2O)c1. The van der Waals surface area contributed by atoms with Crippen LogP contribution in [-0.4, -0.2) is 90.6 Å². The number of hydrogen-bond acceptors (Lipinski definition) is 15. The van der Waals surface area contributed by atoms with Crippen LogP contribution in [0.4, 0.5) is 0 Å². The molecule has 4 rings (SSSR count). The van der Waals surface area contributed by atoms with Crippen LogP contribution in [0, 0.1) is 0 Å². The Morgan fingerprint density at radius 1 is 1.05 bits per heavy atom. The minimum Gasteiger partial charge on any atom is -0.756 e. The molecule has 22 heteroatoms. The van der Waals surface area contributed by atoms with Gasteiger partial charge in [-0.3, -0.25) is 28.2 Å². The average Bonchev–Trinajstić information content (AvgIpc) is 3.35. The molecule has 232 valence electrons. The minimum atomic E-state index is -5.65. The molecule has 0 radical (unpaired) electrons. The van der Waals surface area contributed by atoms with E-state index in [0.717, 1.165) is 16.8 Å². The maximum absolute atomic E-state index is 12.3. The quantitative estimate of drug-likeness (QED) is 0.0899. The van der Waals surface area contributed by atoms with E-state index in [9.17, 15) is 53.7 Å². The smallest absolute Gasteiger partial charge is 0.478 e. The summed E-state index contributed by atoms with van der Waals surface area (Å²) in [6, 6.07) is 3.72. The van der Waals surface area contributed by atoms with E-state index < -0.39 is 95.1 Å². The molecular formula is C20H26N4O16P2. The van der Waals surface area contributed by atoms with Crippen molar-refractivity contribution in [3.63, 3.8) is 0 Å². The monoisotopic (exact) mass is 640 g/mol. The van der Waals surface area contributed by atoms with Crippen molar-refractivity contribution in [2.75, 3.05) is 13.2 Å². The average molecular weight is 640 g/mol. The molecule has 0 bridgehead atoms. The predicted molar refractivity (Wildman–Crippen MR) is 129 cm³/mol. The third-order valence-electron chi connectivity index (χ3n) is 6.20. The Morgan fingerprint density at radius 3 is 2.36 bits per heavy atom. The molecule has 42 heavy (non-hydrogen) atoms. The van der Waals surface area contributed by atoms with Crippen molar-refractivity contribution in [2.45, 2.75) is 49.1 Å². The predicted octanol–water partition coefficient (Wildman–Crippen LogP) is -4.52. The van der Waals surface area contributed by atoms with E-state index in [1.54, 1.807) is 0 Å². The summed E-state index contributed by atoms with van der Waals surface area (Å²) < 4.78 is 50.2. The van der Waals surface area contributed by atoms with Crippen molar-refractivity contribution in [3.8, 4) is 0 Å². The van der Waals surface area contributed by atoms with Gasteiger partial charge in [0.05, 0.1) is 13.2 Å². The van der Waals surface area contributed by atoms with E-state index in [1.807, 2.05) is 4.98 Å². The summed E-state index contributed by atoms with van der Waals surface area (Å²) in [5, 5.41) is 41.0.